The minimum absolute atomic E-state index is 0.0543. The standard InChI is InChI=1S/C29H24N2O4S/c1-34-23-10-6-5-9-20(23)27-21-13-12-18-7-3-4-8-19(18)26(21)30-29-31(27)28(33)25(36-29)16-17-11-14-22(32)24(15-17)35-2/h3-11,14-16,27,32H,12-13H2,1-2H3/t27-/m0/s1. The predicted octanol–water partition coefficient (Wildman–Crippen LogP) is 4.04. The summed E-state index contributed by atoms with van der Waals surface area (Å²) in [4.78, 5) is 19.6. The Hall–Kier alpha value is -4.10. The van der Waals surface area contributed by atoms with Crippen LogP contribution in [0.15, 0.2) is 82.1 Å². The van der Waals surface area contributed by atoms with Crippen LogP contribution in [0, 0.1) is 0 Å². The van der Waals surface area contributed by atoms with Crippen LogP contribution in [0.1, 0.15) is 34.7 Å². The fraction of sp³-hybridized carbons (Fsp3) is 0.172. The van der Waals surface area contributed by atoms with Crippen molar-refractivity contribution < 1.29 is 14.6 Å². The second-order valence-corrected chi connectivity index (χ2v) is 9.80. The van der Waals surface area contributed by atoms with Crippen LogP contribution in [-0.2, 0) is 6.42 Å². The summed E-state index contributed by atoms with van der Waals surface area (Å²) in [7, 11) is 3.16. The molecule has 180 valence electrons. The fourth-order valence-corrected chi connectivity index (χ4v) is 6.13. The number of thiazole rings is 1. The highest BCUT2D eigenvalue weighted by Crippen LogP contribution is 2.43. The van der Waals surface area contributed by atoms with E-state index in [-0.39, 0.29) is 17.4 Å². The molecule has 1 atom stereocenters. The zero-order chi connectivity index (χ0) is 24.8. The quantitative estimate of drug-likeness (QED) is 0.463. The lowest BCUT2D eigenvalue weighted by Crippen LogP contribution is -2.38. The molecule has 2 aliphatic rings. The summed E-state index contributed by atoms with van der Waals surface area (Å²) in [5.74, 6) is 1.15. The summed E-state index contributed by atoms with van der Waals surface area (Å²) in [5, 5.41) is 9.96. The third-order valence-corrected chi connectivity index (χ3v) is 7.79. The zero-order valence-electron chi connectivity index (χ0n) is 19.9. The maximum absolute atomic E-state index is 13.9. The molecule has 1 aliphatic heterocycles. The molecule has 0 bridgehead atoms. The smallest absolute Gasteiger partial charge is 0.271 e. The van der Waals surface area contributed by atoms with E-state index in [9.17, 15) is 9.90 Å². The highest BCUT2D eigenvalue weighted by atomic mass is 32.1. The van der Waals surface area contributed by atoms with Crippen molar-refractivity contribution in [2.45, 2.75) is 18.9 Å². The molecule has 1 N–H and O–H groups in total. The number of allylic oxidation sites excluding steroid dienone is 1. The van der Waals surface area contributed by atoms with Gasteiger partial charge in [0, 0.05) is 11.1 Å². The first-order chi connectivity index (χ1) is 17.6. The minimum atomic E-state index is -0.308. The van der Waals surface area contributed by atoms with Crippen molar-refractivity contribution >= 4 is 23.1 Å². The Bertz CT molecular complexity index is 1710. The van der Waals surface area contributed by atoms with E-state index in [4.69, 9.17) is 14.5 Å². The molecule has 6 rings (SSSR count). The Morgan fingerprint density at radius 1 is 1.00 bits per heavy atom. The molecule has 4 aromatic rings. The van der Waals surface area contributed by atoms with Gasteiger partial charge < -0.3 is 14.6 Å². The molecule has 6 nitrogen and oxygen atoms in total. The van der Waals surface area contributed by atoms with Crippen LogP contribution in [-0.4, -0.2) is 23.9 Å². The van der Waals surface area contributed by atoms with E-state index in [0.717, 1.165) is 46.6 Å². The molecule has 7 heteroatoms. The van der Waals surface area contributed by atoms with E-state index in [1.54, 1.807) is 29.9 Å². The van der Waals surface area contributed by atoms with Gasteiger partial charge in [-0.1, -0.05) is 59.9 Å². The Balaban J connectivity index is 1.62. The van der Waals surface area contributed by atoms with E-state index in [0.29, 0.717) is 15.1 Å². The number of rotatable bonds is 4. The van der Waals surface area contributed by atoms with Gasteiger partial charge in [0.2, 0.25) is 0 Å². The molecule has 0 spiro atoms. The summed E-state index contributed by atoms with van der Waals surface area (Å²) in [6.07, 6.45) is 3.53. The van der Waals surface area contributed by atoms with Gasteiger partial charge in [-0.3, -0.25) is 9.36 Å². The number of aryl methyl sites for hydroxylation is 1. The second-order valence-electron chi connectivity index (χ2n) is 8.79. The van der Waals surface area contributed by atoms with Gasteiger partial charge in [-0.05, 0) is 53.8 Å². The third-order valence-electron chi connectivity index (χ3n) is 6.81. The number of benzene rings is 3. The Kier molecular flexibility index (Phi) is 5.49. The van der Waals surface area contributed by atoms with Crippen LogP contribution in [0.3, 0.4) is 0 Å². The lowest BCUT2D eigenvalue weighted by atomic mass is 9.83. The second kappa shape index (κ2) is 8.84. The molecular weight excluding hydrogens is 472 g/mol. The molecule has 0 saturated heterocycles. The topological polar surface area (TPSA) is 73.0 Å². The maximum Gasteiger partial charge on any atom is 0.271 e. The first-order valence-electron chi connectivity index (χ1n) is 11.7. The van der Waals surface area contributed by atoms with E-state index in [1.165, 1.54) is 24.0 Å². The monoisotopic (exact) mass is 496 g/mol. The lowest BCUT2D eigenvalue weighted by Gasteiger charge is -2.31. The zero-order valence-corrected chi connectivity index (χ0v) is 20.7. The van der Waals surface area contributed by atoms with Crippen molar-refractivity contribution in [1.29, 1.82) is 0 Å². The van der Waals surface area contributed by atoms with Gasteiger partial charge in [0.15, 0.2) is 16.3 Å². The molecule has 0 unspecified atom stereocenters. The third kappa shape index (κ3) is 3.55. The van der Waals surface area contributed by atoms with Crippen LogP contribution in [0.5, 0.6) is 17.2 Å². The molecular formula is C29H24N2O4S. The van der Waals surface area contributed by atoms with Crippen LogP contribution in [0.2, 0.25) is 0 Å². The van der Waals surface area contributed by atoms with E-state index < -0.39 is 0 Å². The predicted molar refractivity (Wildman–Crippen MR) is 140 cm³/mol. The highest BCUT2D eigenvalue weighted by molar-refractivity contribution is 7.07. The van der Waals surface area contributed by atoms with Gasteiger partial charge in [-0.25, -0.2) is 4.99 Å². The van der Waals surface area contributed by atoms with Crippen molar-refractivity contribution in [1.82, 2.24) is 4.57 Å². The number of methoxy groups -OCH3 is 2. The maximum atomic E-state index is 13.9. The van der Waals surface area contributed by atoms with Gasteiger partial charge in [0.05, 0.1) is 30.5 Å². The number of ether oxygens (including phenoxy) is 2. The normalized spacial score (nSPS) is 16.6. The van der Waals surface area contributed by atoms with E-state index in [2.05, 4.69) is 18.2 Å². The van der Waals surface area contributed by atoms with Crippen molar-refractivity contribution in [3.63, 3.8) is 0 Å². The number of nitrogens with zero attached hydrogens (tertiary/aromatic N) is 2. The van der Waals surface area contributed by atoms with Crippen molar-refractivity contribution in [2.75, 3.05) is 14.2 Å². The number of phenolic OH excluding ortho intramolecular Hbond substituents is 1. The summed E-state index contributed by atoms with van der Waals surface area (Å²) >= 11 is 1.37. The van der Waals surface area contributed by atoms with Crippen LogP contribution < -0.4 is 24.4 Å². The van der Waals surface area contributed by atoms with Gasteiger partial charge in [-0.15, -0.1) is 0 Å². The first kappa shape index (κ1) is 22.4. The number of phenols is 1. The average molecular weight is 497 g/mol. The Labute approximate surface area is 211 Å². The lowest BCUT2D eigenvalue weighted by molar-refractivity contribution is 0.373. The summed E-state index contributed by atoms with van der Waals surface area (Å²) in [5.41, 5.74) is 6.08. The molecule has 1 aromatic heterocycles. The molecule has 2 heterocycles. The SMILES string of the molecule is COc1cc(C=c2sc3n(c2=O)[C@@H](c2ccccc2OC)C2=C(N=3)c3ccccc3CC2)ccc1O. The summed E-state index contributed by atoms with van der Waals surface area (Å²) in [6, 6.07) is 21.0. The summed E-state index contributed by atoms with van der Waals surface area (Å²) < 4.78 is 13.3. The van der Waals surface area contributed by atoms with Crippen molar-refractivity contribution in [3.05, 3.63) is 114 Å². The van der Waals surface area contributed by atoms with Gasteiger partial charge >= 0.3 is 0 Å². The van der Waals surface area contributed by atoms with Gasteiger partial charge in [0.25, 0.3) is 5.56 Å². The molecule has 3 aromatic carbocycles. The molecule has 0 radical (unpaired) electrons. The molecule has 0 fully saturated rings. The molecule has 1 aliphatic carbocycles. The van der Waals surface area contributed by atoms with E-state index in [1.807, 2.05) is 36.4 Å². The number of para-hydroxylation sites is 1. The molecule has 0 amide bonds. The van der Waals surface area contributed by atoms with Gasteiger partial charge in [0.1, 0.15) is 5.75 Å². The van der Waals surface area contributed by atoms with Crippen LogP contribution >= 0.6 is 11.3 Å². The Morgan fingerprint density at radius 2 is 1.78 bits per heavy atom. The summed E-state index contributed by atoms with van der Waals surface area (Å²) in [6.45, 7) is 0. The number of hydrogen-bond acceptors (Lipinski definition) is 6. The minimum Gasteiger partial charge on any atom is -0.504 e. The largest absolute Gasteiger partial charge is 0.504 e. The first-order valence-corrected chi connectivity index (χ1v) is 12.5. The number of aromatic hydroxyl groups is 1. The van der Waals surface area contributed by atoms with Crippen molar-refractivity contribution in [3.8, 4) is 17.2 Å². The number of aromatic nitrogens is 1. The van der Waals surface area contributed by atoms with Crippen molar-refractivity contribution in [2.24, 2.45) is 4.99 Å². The number of hydrogen-bond donors (Lipinski definition) is 1. The van der Waals surface area contributed by atoms with E-state index >= 15 is 0 Å². The van der Waals surface area contributed by atoms with Gasteiger partial charge in [-0.2, -0.15) is 0 Å². The Morgan fingerprint density at radius 3 is 2.61 bits per heavy atom. The molecule has 36 heavy (non-hydrogen) atoms. The average Bonchev–Trinajstić information content (AvgIpc) is 3.22. The number of fused-ring (bicyclic) bond motifs is 3. The highest BCUT2D eigenvalue weighted by Gasteiger charge is 2.33. The van der Waals surface area contributed by atoms with Crippen LogP contribution in [0.4, 0.5) is 0 Å². The fourth-order valence-electron chi connectivity index (χ4n) is 5.13. The van der Waals surface area contributed by atoms with Crippen LogP contribution in [0.25, 0.3) is 11.8 Å². The molecule has 0 saturated carbocycles.